The maximum atomic E-state index is 14.2. The van der Waals surface area contributed by atoms with Crippen LogP contribution in [0.4, 0.5) is 5.82 Å². The SMILES string of the molecule is CC(C)N(CCN(C)C(=O)COCCOCCN)C[C@@H](C(=O)N1CCN(c2ncnc3c2[C@H](C)C[C@H]3O)CC1)c1ccc(Cl)cc1.Cl. The van der Waals surface area contributed by atoms with Gasteiger partial charge in [-0.05, 0) is 43.9 Å². The van der Waals surface area contributed by atoms with Gasteiger partial charge in [-0.25, -0.2) is 9.97 Å². The van der Waals surface area contributed by atoms with Crippen LogP contribution in [-0.2, 0) is 19.1 Å². The number of fused-ring (bicyclic) bond motifs is 1. The van der Waals surface area contributed by atoms with Gasteiger partial charge >= 0.3 is 0 Å². The number of aliphatic hydroxyl groups excluding tert-OH is 1. The molecule has 0 radical (unpaired) electrons. The highest BCUT2D eigenvalue weighted by atomic mass is 35.5. The number of aliphatic hydroxyl groups is 1. The minimum atomic E-state index is -0.559. The van der Waals surface area contributed by atoms with Crippen LogP contribution in [-0.4, -0.2) is 133 Å². The van der Waals surface area contributed by atoms with Gasteiger partial charge in [-0.15, -0.1) is 12.4 Å². The van der Waals surface area contributed by atoms with E-state index in [1.165, 1.54) is 6.33 Å². The number of nitrogens with zero attached hydrogens (tertiary/aromatic N) is 6. The number of benzene rings is 1. The van der Waals surface area contributed by atoms with E-state index in [2.05, 4.69) is 40.5 Å². The van der Waals surface area contributed by atoms with E-state index in [9.17, 15) is 14.7 Å². The highest BCUT2D eigenvalue weighted by molar-refractivity contribution is 6.30. The molecule has 1 saturated heterocycles. The first-order valence-electron chi connectivity index (χ1n) is 16.3. The summed E-state index contributed by atoms with van der Waals surface area (Å²) in [5.41, 5.74) is 8.07. The maximum Gasteiger partial charge on any atom is 0.248 e. The Morgan fingerprint density at radius 2 is 1.74 bits per heavy atom. The minimum absolute atomic E-state index is 0. The standard InChI is InChI=1S/C33H50ClN7O5.ClH/c1-23(2)41(11-10-38(4)29(43)21-46-18-17-45-16-9-35)20-27(25-5-7-26(34)8-6-25)33(44)40-14-12-39(13-15-40)32-30-24(3)19-28(42)31(30)36-22-37-32;/h5-8,22-24,27-28,42H,9-21,35H2,1-4H3;1H/t24-,27-,28-;/m1./s1. The number of carbonyl (C=O) groups excluding carboxylic acids is 2. The molecule has 2 heterocycles. The molecule has 1 aromatic carbocycles. The summed E-state index contributed by atoms with van der Waals surface area (Å²) in [6.07, 6.45) is 1.62. The fraction of sp³-hybridized carbons (Fsp3) is 0.636. The minimum Gasteiger partial charge on any atom is -0.387 e. The average molecular weight is 697 g/mol. The quantitative estimate of drug-likeness (QED) is 0.252. The van der Waals surface area contributed by atoms with Crippen molar-refractivity contribution in [2.24, 2.45) is 5.73 Å². The number of likely N-dealkylation sites (N-methyl/N-ethyl adjacent to an activating group) is 1. The second-order valence-electron chi connectivity index (χ2n) is 12.4. The van der Waals surface area contributed by atoms with E-state index in [-0.39, 0.29) is 42.8 Å². The Labute approximate surface area is 289 Å². The number of anilines is 1. The molecular formula is C33H51Cl2N7O5. The van der Waals surface area contributed by atoms with Crippen LogP contribution in [0.3, 0.4) is 0 Å². The van der Waals surface area contributed by atoms with Gasteiger partial charge in [-0.3, -0.25) is 14.5 Å². The monoisotopic (exact) mass is 695 g/mol. The zero-order valence-corrected chi connectivity index (χ0v) is 29.6. The van der Waals surface area contributed by atoms with Gasteiger partial charge in [-0.2, -0.15) is 0 Å². The summed E-state index contributed by atoms with van der Waals surface area (Å²) >= 11 is 6.22. The molecule has 1 fully saturated rings. The number of rotatable bonds is 16. The van der Waals surface area contributed by atoms with Crippen molar-refractivity contribution in [3.8, 4) is 0 Å². The molecule has 262 valence electrons. The molecule has 3 atom stereocenters. The molecule has 12 nitrogen and oxygen atoms in total. The van der Waals surface area contributed by atoms with Crippen LogP contribution in [0.1, 0.15) is 62.0 Å². The van der Waals surface area contributed by atoms with Crippen LogP contribution in [0.25, 0.3) is 0 Å². The van der Waals surface area contributed by atoms with E-state index in [1.54, 1.807) is 11.9 Å². The summed E-state index contributed by atoms with van der Waals surface area (Å²) < 4.78 is 10.7. The van der Waals surface area contributed by atoms with Crippen molar-refractivity contribution in [2.45, 2.75) is 51.2 Å². The molecule has 2 amide bonds. The lowest BCUT2D eigenvalue weighted by molar-refractivity contribution is -0.136. The molecule has 1 aliphatic carbocycles. The summed E-state index contributed by atoms with van der Waals surface area (Å²) in [7, 11) is 1.77. The number of amides is 2. The zero-order valence-electron chi connectivity index (χ0n) is 28.0. The predicted octanol–water partition coefficient (Wildman–Crippen LogP) is 2.69. The number of ether oxygens (including phenoxy) is 2. The fourth-order valence-electron chi connectivity index (χ4n) is 6.11. The lowest BCUT2D eigenvalue weighted by Gasteiger charge is -2.39. The molecule has 0 bridgehead atoms. The summed E-state index contributed by atoms with van der Waals surface area (Å²) in [5, 5.41) is 11.1. The first kappa shape index (κ1) is 38.9. The first-order valence-corrected chi connectivity index (χ1v) is 16.6. The number of hydrogen-bond donors (Lipinski definition) is 2. The number of hydrogen-bond acceptors (Lipinski definition) is 10. The predicted molar refractivity (Wildman–Crippen MR) is 185 cm³/mol. The fourth-order valence-corrected chi connectivity index (χ4v) is 6.23. The van der Waals surface area contributed by atoms with Crippen molar-refractivity contribution in [1.82, 2.24) is 24.7 Å². The second-order valence-corrected chi connectivity index (χ2v) is 12.9. The Bertz CT molecular complexity index is 1280. The summed E-state index contributed by atoms with van der Waals surface area (Å²) in [6, 6.07) is 7.67. The van der Waals surface area contributed by atoms with Crippen molar-refractivity contribution in [1.29, 1.82) is 0 Å². The molecule has 2 aromatic rings. The van der Waals surface area contributed by atoms with Crippen LogP contribution in [0.15, 0.2) is 30.6 Å². The molecule has 0 unspecified atom stereocenters. The summed E-state index contributed by atoms with van der Waals surface area (Å²) in [5.74, 6) is 0.607. The Kier molecular flexibility index (Phi) is 15.6. The van der Waals surface area contributed by atoms with Crippen LogP contribution >= 0.6 is 24.0 Å². The highest BCUT2D eigenvalue weighted by Gasteiger charge is 2.35. The van der Waals surface area contributed by atoms with Crippen molar-refractivity contribution < 1.29 is 24.2 Å². The Hall–Kier alpha value is -2.58. The molecule has 0 saturated carbocycles. The number of halogens is 2. The van der Waals surface area contributed by atoms with Crippen molar-refractivity contribution in [2.75, 3.05) is 90.7 Å². The Morgan fingerprint density at radius 3 is 2.40 bits per heavy atom. The number of nitrogens with two attached hydrogens (primary N) is 1. The normalized spacial score (nSPS) is 18.3. The van der Waals surface area contributed by atoms with Crippen molar-refractivity contribution in [3.05, 3.63) is 52.4 Å². The largest absolute Gasteiger partial charge is 0.387 e. The average Bonchev–Trinajstić information content (AvgIpc) is 3.35. The number of piperazine rings is 1. The molecule has 14 heteroatoms. The summed E-state index contributed by atoms with van der Waals surface area (Å²) in [6.45, 7) is 12.0. The lowest BCUT2D eigenvalue weighted by Crippen LogP contribution is -2.52. The van der Waals surface area contributed by atoms with Gasteiger partial charge in [0.05, 0.1) is 37.5 Å². The van der Waals surface area contributed by atoms with E-state index in [0.717, 1.165) is 22.6 Å². The third kappa shape index (κ3) is 10.5. The number of aromatic nitrogens is 2. The maximum absolute atomic E-state index is 14.2. The molecule has 1 aromatic heterocycles. The van der Waals surface area contributed by atoms with Gasteiger partial charge in [0.25, 0.3) is 0 Å². The van der Waals surface area contributed by atoms with Crippen LogP contribution in [0.2, 0.25) is 5.02 Å². The van der Waals surface area contributed by atoms with E-state index in [4.69, 9.17) is 26.8 Å². The van der Waals surface area contributed by atoms with Gasteiger partial charge in [0.1, 0.15) is 18.8 Å². The van der Waals surface area contributed by atoms with Gasteiger partial charge in [-0.1, -0.05) is 30.7 Å². The molecule has 2 aliphatic rings. The highest BCUT2D eigenvalue weighted by Crippen LogP contribution is 2.42. The third-order valence-corrected chi connectivity index (χ3v) is 9.15. The van der Waals surface area contributed by atoms with Gasteiger partial charge < -0.3 is 35.0 Å². The van der Waals surface area contributed by atoms with E-state index < -0.39 is 12.0 Å². The van der Waals surface area contributed by atoms with Crippen LogP contribution < -0.4 is 10.6 Å². The molecule has 3 N–H and O–H groups in total. The van der Waals surface area contributed by atoms with E-state index in [0.29, 0.717) is 83.6 Å². The Morgan fingerprint density at radius 1 is 1.06 bits per heavy atom. The molecule has 4 rings (SSSR count). The second kappa shape index (κ2) is 18.8. The van der Waals surface area contributed by atoms with Gasteiger partial charge in [0, 0.05) is 76.0 Å². The lowest BCUT2D eigenvalue weighted by atomic mass is 9.95. The van der Waals surface area contributed by atoms with Crippen molar-refractivity contribution in [3.63, 3.8) is 0 Å². The smallest absolute Gasteiger partial charge is 0.248 e. The first-order chi connectivity index (χ1) is 22.1. The van der Waals surface area contributed by atoms with E-state index >= 15 is 0 Å². The summed E-state index contributed by atoms with van der Waals surface area (Å²) in [4.78, 5) is 43.9. The zero-order chi connectivity index (χ0) is 33.2. The van der Waals surface area contributed by atoms with E-state index in [1.807, 2.05) is 29.2 Å². The van der Waals surface area contributed by atoms with Gasteiger partial charge in [0.2, 0.25) is 11.8 Å². The van der Waals surface area contributed by atoms with Gasteiger partial charge in [0.15, 0.2) is 0 Å². The van der Waals surface area contributed by atoms with Crippen LogP contribution in [0.5, 0.6) is 0 Å². The molecule has 1 aliphatic heterocycles. The molecule has 0 spiro atoms. The third-order valence-electron chi connectivity index (χ3n) is 8.90. The molecular weight excluding hydrogens is 645 g/mol. The molecule has 47 heavy (non-hydrogen) atoms. The van der Waals surface area contributed by atoms with Crippen molar-refractivity contribution >= 4 is 41.6 Å². The Balaban J connectivity index is 0.00000600. The topological polar surface area (TPSA) is 138 Å². The van der Waals surface area contributed by atoms with Crippen LogP contribution in [0, 0.1) is 0 Å². The number of carbonyl (C=O) groups is 2.